The Labute approximate surface area is 152 Å². The van der Waals surface area contributed by atoms with Gasteiger partial charge in [-0.15, -0.1) is 11.8 Å². The van der Waals surface area contributed by atoms with Crippen molar-refractivity contribution in [1.29, 1.82) is 0 Å². The molecule has 0 spiro atoms. The summed E-state index contributed by atoms with van der Waals surface area (Å²) in [6.07, 6.45) is 4.43. The number of rotatable bonds is 5. The zero-order valence-electron chi connectivity index (χ0n) is 13.2. The van der Waals surface area contributed by atoms with Crippen molar-refractivity contribution in [3.8, 4) is 0 Å². The minimum Gasteiger partial charge on any atom is -0.249 e. The highest BCUT2D eigenvalue weighted by Crippen LogP contribution is 2.24. The number of hydrogen-bond donors (Lipinski definition) is 0. The van der Waals surface area contributed by atoms with Gasteiger partial charge in [0.25, 0.3) is 0 Å². The van der Waals surface area contributed by atoms with Gasteiger partial charge in [-0.3, -0.25) is 0 Å². The van der Waals surface area contributed by atoms with Gasteiger partial charge < -0.3 is 0 Å². The molecule has 3 rings (SSSR count). The van der Waals surface area contributed by atoms with E-state index in [9.17, 15) is 8.42 Å². The van der Waals surface area contributed by atoms with Crippen molar-refractivity contribution in [3.63, 3.8) is 0 Å². The van der Waals surface area contributed by atoms with Crippen LogP contribution in [0.2, 0.25) is 5.02 Å². The summed E-state index contributed by atoms with van der Waals surface area (Å²) in [6.45, 7) is 1.21. The first kappa shape index (κ1) is 17.7. The van der Waals surface area contributed by atoms with Gasteiger partial charge in [-0.05, 0) is 42.7 Å². The Morgan fingerprint density at radius 2 is 1.75 bits per heavy atom. The van der Waals surface area contributed by atoms with Crippen LogP contribution in [0, 0.1) is 0 Å². The van der Waals surface area contributed by atoms with Crippen LogP contribution in [0.5, 0.6) is 0 Å². The Hall–Kier alpha value is -1.08. The maximum absolute atomic E-state index is 12.6. The summed E-state index contributed by atoms with van der Waals surface area (Å²) < 4.78 is 26.7. The van der Waals surface area contributed by atoms with Crippen LogP contribution in [-0.2, 0) is 15.8 Å². The lowest BCUT2D eigenvalue weighted by Gasteiger charge is -2.25. The highest BCUT2D eigenvalue weighted by atomic mass is 35.5. The van der Waals surface area contributed by atoms with E-state index in [2.05, 4.69) is 4.98 Å². The molecule has 1 aliphatic rings. The van der Waals surface area contributed by atoms with Crippen LogP contribution in [0.15, 0.2) is 52.5 Å². The van der Waals surface area contributed by atoms with E-state index >= 15 is 0 Å². The van der Waals surface area contributed by atoms with Gasteiger partial charge in [0.1, 0.15) is 4.90 Å². The van der Waals surface area contributed by atoms with Gasteiger partial charge in [0.2, 0.25) is 10.0 Å². The average molecular weight is 383 g/mol. The van der Waals surface area contributed by atoms with Crippen LogP contribution in [0.1, 0.15) is 24.8 Å². The third kappa shape index (κ3) is 4.30. The maximum Gasteiger partial charge on any atom is 0.244 e. The second kappa shape index (κ2) is 7.87. The highest BCUT2D eigenvalue weighted by molar-refractivity contribution is 7.98. The van der Waals surface area contributed by atoms with E-state index < -0.39 is 10.0 Å². The number of benzene rings is 1. The third-order valence-corrected chi connectivity index (χ3v) is 7.11. The SMILES string of the molecule is O=S(=O)(c1ccc(SCc2ccc(Cl)cc2)nc1)N1CCCCC1. The molecule has 0 bridgehead atoms. The number of thioether (sulfide) groups is 1. The van der Waals surface area contributed by atoms with E-state index in [1.54, 1.807) is 28.2 Å². The fourth-order valence-electron chi connectivity index (χ4n) is 2.60. The van der Waals surface area contributed by atoms with Gasteiger partial charge >= 0.3 is 0 Å². The summed E-state index contributed by atoms with van der Waals surface area (Å²) in [5, 5.41) is 1.52. The molecule has 4 nitrogen and oxygen atoms in total. The second-order valence-corrected chi connectivity index (χ2v) is 9.08. The van der Waals surface area contributed by atoms with Crippen LogP contribution < -0.4 is 0 Å². The van der Waals surface area contributed by atoms with Crippen molar-refractivity contribution >= 4 is 33.4 Å². The number of sulfonamides is 1. The molecule has 1 saturated heterocycles. The standard InChI is InChI=1S/C17H19ClN2O2S2/c18-15-6-4-14(5-7-15)13-23-17-9-8-16(12-19-17)24(21,22)20-10-2-1-3-11-20/h4-9,12H,1-3,10-11,13H2. The Kier molecular flexibility index (Phi) is 5.81. The first-order chi connectivity index (χ1) is 11.6. The summed E-state index contributed by atoms with van der Waals surface area (Å²) in [7, 11) is -3.40. The van der Waals surface area contributed by atoms with Crippen molar-refractivity contribution in [2.75, 3.05) is 13.1 Å². The molecule has 1 aliphatic heterocycles. The van der Waals surface area contributed by atoms with E-state index in [-0.39, 0.29) is 4.90 Å². The van der Waals surface area contributed by atoms with Crippen molar-refractivity contribution in [3.05, 3.63) is 53.2 Å². The predicted octanol–water partition coefficient (Wildman–Crippen LogP) is 4.20. The molecular weight excluding hydrogens is 364 g/mol. The first-order valence-corrected chi connectivity index (χ1v) is 10.7. The van der Waals surface area contributed by atoms with Gasteiger partial charge in [0.15, 0.2) is 0 Å². The van der Waals surface area contributed by atoms with Crippen molar-refractivity contribution < 1.29 is 8.42 Å². The van der Waals surface area contributed by atoms with Crippen LogP contribution in [0.25, 0.3) is 0 Å². The zero-order valence-corrected chi connectivity index (χ0v) is 15.6. The number of aromatic nitrogens is 1. The zero-order chi connectivity index (χ0) is 17.0. The van der Waals surface area contributed by atoms with Crippen molar-refractivity contribution in [2.24, 2.45) is 0 Å². The molecular formula is C17H19ClN2O2S2. The molecule has 1 aromatic carbocycles. The lowest BCUT2D eigenvalue weighted by molar-refractivity contribution is 0.346. The molecule has 24 heavy (non-hydrogen) atoms. The molecule has 0 amide bonds. The predicted molar refractivity (Wildman–Crippen MR) is 97.9 cm³/mol. The molecule has 0 radical (unpaired) electrons. The number of piperidine rings is 1. The Bertz CT molecular complexity index is 771. The summed E-state index contributed by atoms with van der Waals surface area (Å²) in [5.74, 6) is 0.766. The van der Waals surface area contributed by atoms with E-state index in [4.69, 9.17) is 11.6 Å². The van der Waals surface area contributed by atoms with Gasteiger partial charge in [0.05, 0.1) is 5.03 Å². The van der Waals surface area contributed by atoms with E-state index in [1.165, 1.54) is 6.20 Å². The highest BCUT2D eigenvalue weighted by Gasteiger charge is 2.26. The Morgan fingerprint density at radius 1 is 1.04 bits per heavy atom. The summed E-state index contributed by atoms with van der Waals surface area (Å²) >= 11 is 7.44. The molecule has 0 unspecified atom stereocenters. The van der Waals surface area contributed by atoms with E-state index in [0.717, 1.165) is 35.6 Å². The lowest BCUT2D eigenvalue weighted by atomic mass is 10.2. The van der Waals surface area contributed by atoms with Crippen LogP contribution >= 0.6 is 23.4 Å². The fraction of sp³-hybridized carbons (Fsp3) is 0.353. The Morgan fingerprint density at radius 3 is 2.38 bits per heavy atom. The smallest absolute Gasteiger partial charge is 0.244 e. The molecule has 0 atom stereocenters. The van der Waals surface area contributed by atoms with E-state index in [1.807, 2.05) is 24.3 Å². The van der Waals surface area contributed by atoms with Gasteiger partial charge in [0, 0.05) is 30.1 Å². The van der Waals surface area contributed by atoms with Crippen molar-refractivity contribution in [1.82, 2.24) is 9.29 Å². The van der Waals surface area contributed by atoms with Crippen LogP contribution in [0.4, 0.5) is 0 Å². The van der Waals surface area contributed by atoms with Gasteiger partial charge in [-0.2, -0.15) is 4.31 Å². The normalized spacial score (nSPS) is 16.2. The molecule has 0 N–H and O–H groups in total. The third-order valence-electron chi connectivity index (χ3n) is 3.96. The molecule has 0 aliphatic carbocycles. The largest absolute Gasteiger partial charge is 0.249 e. The van der Waals surface area contributed by atoms with Crippen LogP contribution in [0.3, 0.4) is 0 Å². The maximum atomic E-state index is 12.6. The first-order valence-electron chi connectivity index (χ1n) is 7.89. The summed E-state index contributed by atoms with van der Waals surface area (Å²) in [5.41, 5.74) is 1.15. The summed E-state index contributed by atoms with van der Waals surface area (Å²) in [6, 6.07) is 11.1. The fourth-order valence-corrected chi connectivity index (χ4v) is 4.98. The second-order valence-electron chi connectivity index (χ2n) is 5.71. The van der Waals surface area contributed by atoms with Gasteiger partial charge in [-0.1, -0.05) is 30.2 Å². The molecule has 1 fully saturated rings. The molecule has 1 aromatic heterocycles. The van der Waals surface area contributed by atoms with Crippen molar-refractivity contribution in [2.45, 2.75) is 34.9 Å². The summed E-state index contributed by atoms with van der Waals surface area (Å²) in [4.78, 5) is 4.58. The number of pyridine rings is 1. The van der Waals surface area contributed by atoms with E-state index in [0.29, 0.717) is 18.1 Å². The topological polar surface area (TPSA) is 50.3 Å². The number of halogens is 1. The minimum absolute atomic E-state index is 0.278. The molecule has 2 heterocycles. The Balaban J connectivity index is 1.65. The molecule has 2 aromatic rings. The van der Waals surface area contributed by atoms with Gasteiger partial charge in [-0.25, -0.2) is 13.4 Å². The molecule has 0 saturated carbocycles. The lowest BCUT2D eigenvalue weighted by Crippen LogP contribution is -2.35. The monoisotopic (exact) mass is 382 g/mol. The minimum atomic E-state index is -3.40. The van der Waals surface area contributed by atoms with Crippen LogP contribution in [-0.4, -0.2) is 30.8 Å². The molecule has 7 heteroatoms. The quantitative estimate of drug-likeness (QED) is 0.727. The molecule has 128 valence electrons. The number of nitrogens with zero attached hydrogens (tertiary/aromatic N) is 2. The number of hydrogen-bond acceptors (Lipinski definition) is 4. The average Bonchev–Trinajstić information content (AvgIpc) is 2.62.